The SMILES string of the molecule is CC(C)c1ccc(NC(=O)c2cccc(C(=O)Nc3ccc(C(C)C)cc3)n2)cc1. The van der Waals surface area contributed by atoms with Gasteiger partial charge in [-0.25, -0.2) is 4.98 Å². The van der Waals surface area contributed by atoms with Crippen LogP contribution in [0.15, 0.2) is 66.7 Å². The molecule has 3 aromatic rings. The van der Waals surface area contributed by atoms with Crippen LogP contribution in [0.4, 0.5) is 11.4 Å². The summed E-state index contributed by atoms with van der Waals surface area (Å²) in [5, 5.41) is 5.65. The second-order valence-electron chi connectivity index (χ2n) is 7.87. The van der Waals surface area contributed by atoms with Crippen molar-refractivity contribution in [2.75, 3.05) is 10.6 Å². The first-order valence-corrected chi connectivity index (χ1v) is 10.1. The van der Waals surface area contributed by atoms with E-state index >= 15 is 0 Å². The van der Waals surface area contributed by atoms with E-state index < -0.39 is 0 Å². The van der Waals surface area contributed by atoms with Crippen LogP contribution < -0.4 is 10.6 Å². The molecule has 0 unspecified atom stereocenters. The fourth-order valence-corrected chi connectivity index (χ4v) is 2.98. The number of nitrogens with one attached hydrogen (secondary N) is 2. The summed E-state index contributed by atoms with van der Waals surface area (Å²) in [6.07, 6.45) is 0. The highest BCUT2D eigenvalue weighted by molar-refractivity contribution is 6.06. The first-order chi connectivity index (χ1) is 14.3. The molecule has 0 fully saturated rings. The Morgan fingerprint density at radius 3 is 1.33 bits per heavy atom. The van der Waals surface area contributed by atoms with Gasteiger partial charge in [0.05, 0.1) is 0 Å². The molecule has 1 heterocycles. The van der Waals surface area contributed by atoms with Crippen LogP contribution in [0.1, 0.15) is 71.6 Å². The molecule has 0 saturated heterocycles. The third kappa shape index (κ3) is 5.32. The molecule has 2 aromatic carbocycles. The molecule has 0 aliphatic carbocycles. The Labute approximate surface area is 177 Å². The van der Waals surface area contributed by atoms with E-state index in [4.69, 9.17) is 0 Å². The fourth-order valence-electron chi connectivity index (χ4n) is 2.98. The van der Waals surface area contributed by atoms with E-state index in [1.54, 1.807) is 18.2 Å². The molecule has 5 heteroatoms. The number of aromatic nitrogens is 1. The molecule has 2 N–H and O–H groups in total. The lowest BCUT2D eigenvalue weighted by atomic mass is 10.0. The summed E-state index contributed by atoms with van der Waals surface area (Å²) in [7, 11) is 0. The van der Waals surface area contributed by atoms with Gasteiger partial charge in [-0.15, -0.1) is 0 Å². The molecule has 3 rings (SSSR count). The van der Waals surface area contributed by atoms with Crippen molar-refractivity contribution < 1.29 is 9.59 Å². The van der Waals surface area contributed by atoms with Gasteiger partial charge in [0.15, 0.2) is 0 Å². The number of nitrogens with zero attached hydrogens (tertiary/aromatic N) is 1. The van der Waals surface area contributed by atoms with Gasteiger partial charge >= 0.3 is 0 Å². The van der Waals surface area contributed by atoms with Crippen molar-refractivity contribution in [3.8, 4) is 0 Å². The molecule has 0 aliphatic heterocycles. The predicted molar refractivity (Wildman–Crippen MR) is 121 cm³/mol. The number of carbonyl (C=O) groups excluding carboxylic acids is 2. The predicted octanol–water partition coefficient (Wildman–Crippen LogP) is 5.83. The quantitative estimate of drug-likeness (QED) is 0.546. The highest BCUT2D eigenvalue weighted by Crippen LogP contribution is 2.19. The molecular formula is C25H27N3O2. The lowest BCUT2D eigenvalue weighted by Gasteiger charge is -2.10. The topological polar surface area (TPSA) is 71.1 Å². The third-order valence-electron chi connectivity index (χ3n) is 4.88. The Kier molecular flexibility index (Phi) is 6.62. The van der Waals surface area contributed by atoms with E-state index in [1.165, 1.54) is 11.1 Å². The van der Waals surface area contributed by atoms with Crippen LogP contribution in [-0.2, 0) is 0 Å². The summed E-state index contributed by atoms with van der Waals surface area (Å²) in [6.45, 7) is 8.47. The number of hydrogen-bond acceptors (Lipinski definition) is 3. The number of pyridine rings is 1. The zero-order valence-electron chi connectivity index (χ0n) is 17.8. The van der Waals surface area contributed by atoms with Gasteiger partial charge in [-0.1, -0.05) is 58.0 Å². The molecule has 1 aromatic heterocycles. The normalized spacial score (nSPS) is 10.9. The van der Waals surface area contributed by atoms with E-state index in [-0.39, 0.29) is 23.2 Å². The van der Waals surface area contributed by atoms with Gasteiger partial charge < -0.3 is 10.6 Å². The van der Waals surface area contributed by atoms with E-state index in [0.717, 1.165) is 0 Å². The summed E-state index contributed by atoms with van der Waals surface area (Å²) < 4.78 is 0. The number of hydrogen-bond donors (Lipinski definition) is 2. The maximum absolute atomic E-state index is 12.6. The minimum absolute atomic E-state index is 0.186. The van der Waals surface area contributed by atoms with Crippen molar-refractivity contribution in [2.45, 2.75) is 39.5 Å². The minimum atomic E-state index is -0.358. The highest BCUT2D eigenvalue weighted by Gasteiger charge is 2.13. The summed E-state index contributed by atoms with van der Waals surface area (Å²) in [5.41, 5.74) is 4.14. The van der Waals surface area contributed by atoms with Crippen molar-refractivity contribution in [2.24, 2.45) is 0 Å². The van der Waals surface area contributed by atoms with Crippen LogP contribution in [0.2, 0.25) is 0 Å². The molecule has 0 atom stereocenters. The lowest BCUT2D eigenvalue weighted by Crippen LogP contribution is -2.18. The highest BCUT2D eigenvalue weighted by atomic mass is 16.2. The Morgan fingerprint density at radius 1 is 0.633 bits per heavy atom. The van der Waals surface area contributed by atoms with Crippen LogP contribution in [0.3, 0.4) is 0 Å². The number of carbonyl (C=O) groups is 2. The summed E-state index contributed by atoms with van der Waals surface area (Å²) >= 11 is 0. The Hall–Kier alpha value is -3.47. The number of benzene rings is 2. The molecule has 154 valence electrons. The maximum atomic E-state index is 12.6. The molecule has 30 heavy (non-hydrogen) atoms. The molecule has 0 radical (unpaired) electrons. The van der Waals surface area contributed by atoms with Crippen LogP contribution in [0.25, 0.3) is 0 Å². The number of amides is 2. The zero-order valence-corrected chi connectivity index (χ0v) is 17.8. The van der Waals surface area contributed by atoms with Crippen LogP contribution in [0.5, 0.6) is 0 Å². The first kappa shape index (κ1) is 21.2. The third-order valence-corrected chi connectivity index (χ3v) is 4.88. The van der Waals surface area contributed by atoms with Crippen LogP contribution in [-0.4, -0.2) is 16.8 Å². The maximum Gasteiger partial charge on any atom is 0.274 e. The smallest absolute Gasteiger partial charge is 0.274 e. The van der Waals surface area contributed by atoms with Crippen molar-refractivity contribution in [3.05, 3.63) is 89.2 Å². The van der Waals surface area contributed by atoms with Crippen molar-refractivity contribution in [3.63, 3.8) is 0 Å². The minimum Gasteiger partial charge on any atom is -0.321 e. The van der Waals surface area contributed by atoms with E-state index in [0.29, 0.717) is 23.2 Å². The largest absolute Gasteiger partial charge is 0.321 e. The molecule has 0 spiro atoms. The second-order valence-corrected chi connectivity index (χ2v) is 7.87. The number of anilines is 2. The van der Waals surface area contributed by atoms with Crippen molar-refractivity contribution in [1.29, 1.82) is 0 Å². The fraction of sp³-hybridized carbons (Fsp3) is 0.240. The first-order valence-electron chi connectivity index (χ1n) is 10.1. The van der Waals surface area contributed by atoms with Gasteiger partial charge in [-0.05, 0) is 59.4 Å². The van der Waals surface area contributed by atoms with E-state index in [9.17, 15) is 9.59 Å². The molecule has 2 amide bonds. The lowest BCUT2D eigenvalue weighted by molar-refractivity contribution is 0.101. The second kappa shape index (κ2) is 9.35. The van der Waals surface area contributed by atoms with Gasteiger partial charge in [-0.3, -0.25) is 9.59 Å². The monoisotopic (exact) mass is 401 g/mol. The summed E-state index contributed by atoms with van der Waals surface area (Å²) in [4.78, 5) is 29.4. The van der Waals surface area contributed by atoms with Gasteiger partial charge in [0.2, 0.25) is 0 Å². The molecular weight excluding hydrogens is 374 g/mol. The Balaban J connectivity index is 1.68. The van der Waals surface area contributed by atoms with Gasteiger partial charge in [0, 0.05) is 11.4 Å². The van der Waals surface area contributed by atoms with E-state index in [2.05, 4.69) is 43.3 Å². The standard InChI is InChI=1S/C25H27N3O2/c1-16(2)18-8-12-20(13-9-18)26-24(29)22-6-5-7-23(28-22)25(30)27-21-14-10-19(11-15-21)17(3)4/h5-17H,1-4H3,(H,26,29)(H,27,30). The average molecular weight is 402 g/mol. The molecule has 0 saturated carbocycles. The zero-order chi connectivity index (χ0) is 21.7. The van der Waals surface area contributed by atoms with Gasteiger partial charge in [-0.2, -0.15) is 0 Å². The van der Waals surface area contributed by atoms with Crippen molar-refractivity contribution >= 4 is 23.2 Å². The summed E-state index contributed by atoms with van der Waals surface area (Å²) in [5.74, 6) is 0.132. The molecule has 5 nitrogen and oxygen atoms in total. The van der Waals surface area contributed by atoms with E-state index in [1.807, 2.05) is 48.5 Å². The Bertz CT molecular complexity index is 942. The Morgan fingerprint density at radius 2 is 1.00 bits per heavy atom. The number of rotatable bonds is 6. The van der Waals surface area contributed by atoms with Crippen LogP contribution in [0, 0.1) is 0 Å². The molecule has 0 aliphatic rings. The molecule has 0 bridgehead atoms. The van der Waals surface area contributed by atoms with Gasteiger partial charge in [0.25, 0.3) is 11.8 Å². The van der Waals surface area contributed by atoms with Gasteiger partial charge in [0.1, 0.15) is 11.4 Å². The summed E-state index contributed by atoms with van der Waals surface area (Å²) in [6, 6.07) is 20.2. The average Bonchev–Trinajstić information content (AvgIpc) is 2.74. The van der Waals surface area contributed by atoms with Crippen LogP contribution >= 0.6 is 0 Å². The van der Waals surface area contributed by atoms with Crippen molar-refractivity contribution in [1.82, 2.24) is 4.98 Å².